The number of rotatable bonds is 3. The van der Waals surface area contributed by atoms with Gasteiger partial charge in [-0.05, 0) is 36.5 Å². The Labute approximate surface area is 179 Å². The minimum absolute atomic E-state index is 0.113. The van der Waals surface area contributed by atoms with Crippen LogP contribution in [0.1, 0.15) is 19.8 Å². The van der Waals surface area contributed by atoms with E-state index in [4.69, 9.17) is 33.7 Å². The number of halogens is 2. The van der Waals surface area contributed by atoms with Crippen molar-refractivity contribution in [2.24, 2.45) is 5.92 Å². The van der Waals surface area contributed by atoms with Gasteiger partial charge in [-0.2, -0.15) is 4.68 Å². The molecule has 1 unspecified atom stereocenters. The van der Waals surface area contributed by atoms with Crippen molar-refractivity contribution in [3.63, 3.8) is 0 Å². The van der Waals surface area contributed by atoms with Gasteiger partial charge >= 0.3 is 5.69 Å². The molecule has 0 saturated carbocycles. The van der Waals surface area contributed by atoms with Gasteiger partial charge in [-0.25, -0.2) is 9.59 Å². The van der Waals surface area contributed by atoms with Crippen molar-refractivity contribution in [1.29, 1.82) is 0 Å². The molecule has 2 aliphatic rings. The first-order valence-electron chi connectivity index (χ1n) is 8.92. The molecule has 11 heteroatoms. The number of ether oxygens (including phenoxy) is 1. The van der Waals surface area contributed by atoms with Crippen molar-refractivity contribution in [2.45, 2.75) is 19.8 Å². The number of hydrogen-bond donors (Lipinski definition) is 3. The maximum absolute atomic E-state index is 12.0. The average Bonchev–Trinajstić information content (AvgIpc) is 3.09. The first-order chi connectivity index (χ1) is 14.3. The summed E-state index contributed by atoms with van der Waals surface area (Å²) in [5.74, 6) is 2.40. The molecule has 2 aromatic rings. The number of carbonyl (C=O) groups excluding carboxylic acids is 1. The highest BCUT2D eigenvalue weighted by molar-refractivity contribution is 6.37. The summed E-state index contributed by atoms with van der Waals surface area (Å²) in [6, 6.07) is 2.82. The minimum atomic E-state index is -0.794. The summed E-state index contributed by atoms with van der Waals surface area (Å²) < 4.78 is 6.85. The Balaban J connectivity index is 1.73. The van der Waals surface area contributed by atoms with Gasteiger partial charge in [-0.1, -0.05) is 30.1 Å². The van der Waals surface area contributed by atoms with Crippen molar-refractivity contribution in [3.8, 4) is 11.4 Å². The van der Waals surface area contributed by atoms with Crippen LogP contribution in [0.15, 0.2) is 50.5 Å². The monoisotopic (exact) mass is 447 g/mol. The Morgan fingerprint density at radius 3 is 2.67 bits per heavy atom. The molecule has 154 valence electrons. The van der Waals surface area contributed by atoms with Crippen LogP contribution in [0, 0.1) is 5.92 Å². The lowest BCUT2D eigenvalue weighted by Crippen LogP contribution is -2.33. The van der Waals surface area contributed by atoms with E-state index < -0.39 is 11.2 Å². The Bertz CT molecular complexity index is 1280. The second-order valence-corrected chi connectivity index (χ2v) is 7.67. The molecule has 1 aliphatic heterocycles. The highest BCUT2D eigenvalue weighted by Gasteiger charge is 2.32. The molecule has 9 nitrogen and oxygen atoms in total. The first kappa shape index (κ1) is 20.0. The molecule has 0 bridgehead atoms. The van der Waals surface area contributed by atoms with E-state index in [9.17, 15) is 14.4 Å². The Morgan fingerprint density at radius 1 is 1.30 bits per heavy atom. The topological polar surface area (TPSA) is 132 Å². The lowest BCUT2D eigenvalue weighted by molar-refractivity contribution is 0.427. The molecule has 1 aromatic carbocycles. The molecule has 0 saturated heterocycles. The Kier molecular flexibility index (Phi) is 5.03. The number of benzene rings is 1. The lowest BCUT2D eigenvalue weighted by Gasteiger charge is -2.21. The number of aromatic amines is 1. The fourth-order valence-corrected chi connectivity index (χ4v) is 4.09. The second-order valence-electron chi connectivity index (χ2n) is 6.86. The smallest absolute Gasteiger partial charge is 0.349 e. The van der Waals surface area contributed by atoms with Crippen molar-refractivity contribution in [1.82, 2.24) is 20.1 Å². The van der Waals surface area contributed by atoms with Crippen LogP contribution in [0.2, 0.25) is 10.0 Å². The summed E-state index contributed by atoms with van der Waals surface area (Å²) in [4.78, 5) is 36.8. The van der Waals surface area contributed by atoms with Gasteiger partial charge in [0.2, 0.25) is 5.82 Å². The van der Waals surface area contributed by atoms with Gasteiger partial charge in [0.25, 0.3) is 5.56 Å². The van der Waals surface area contributed by atoms with Crippen LogP contribution in [-0.4, -0.2) is 20.7 Å². The third kappa shape index (κ3) is 3.33. The predicted molar refractivity (Wildman–Crippen MR) is 111 cm³/mol. The van der Waals surface area contributed by atoms with E-state index in [2.05, 4.69) is 15.4 Å². The van der Waals surface area contributed by atoms with E-state index in [0.717, 1.165) is 28.7 Å². The van der Waals surface area contributed by atoms with Gasteiger partial charge in [-0.3, -0.25) is 9.78 Å². The summed E-state index contributed by atoms with van der Waals surface area (Å²) in [5, 5.41) is 6.87. The number of nitrogens with two attached hydrogens (primary N) is 1. The van der Waals surface area contributed by atoms with Crippen LogP contribution in [0.4, 0.5) is 5.82 Å². The van der Waals surface area contributed by atoms with Crippen LogP contribution in [0.3, 0.4) is 0 Å². The number of dihydropyridines is 1. The van der Waals surface area contributed by atoms with E-state index in [-0.39, 0.29) is 33.2 Å². The number of nitrogens with one attached hydrogen (secondary N) is 2. The SMILES string of the molecule is CC1CCC2=C1C(=C=O)NC=C2Oc1c(Cl)cc(-n2nc(N)c(=O)[nH]c2=O)cc1Cl. The molecule has 0 amide bonds. The average molecular weight is 448 g/mol. The molecule has 2 heterocycles. The standard InChI is InChI=1S/C19H15Cl2N5O4/c1-8-2-3-10-14(6-23-13(7-27)15(8)10)30-16-11(20)4-9(5-12(16)21)26-19(29)24-18(28)17(22)25-26/h4-6,8,23H,2-3H2,1H3,(H2,22,25)(H,24,28,29). The summed E-state index contributed by atoms with van der Waals surface area (Å²) in [6.07, 6.45) is 3.17. The Morgan fingerprint density at radius 2 is 2.00 bits per heavy atom. The van der Waals surface area contributed by atoms with E-state index >= 15 is 0 Å². The van der Waals surface area contributed by atoms with E-state index in [1.54, 1.807) is 6.20 Å². The van der Waals surface area contributed by atoms with E-state index in [1.807, 2.05) is 12.9 Å². The third-order valence-electron chi connectivity index (χ3n) is 4.95. The molecule has 1 aliphatic carbocycles. The molecule has 30 heavy (non-hydrogen) atoms. The number of nitrogens with zero attached hydrogens (tertiary/aromatic N) is 2. The zero-order valence-electron chi connectivity index (χ0n) is 15.6. The Hall–Kier alpha value is -3.26. The molecule has 4 N–H and O–H groups in total. The summed E-state index contributed by atoms with van der Waals surface area (Å²) in [6.45, 7) is 2.03. The summed E-state index contributed by atoms with van der Waals surface area (Å²) >= 11 is 12.7. The van der Waals surface area contributed by atoms with Crippen molar-refractivity contribution < 1.29 is 9.53 Å². The third-order valence-corrected chi connectivity index (χ3v) is 5.52. The van der Waals surface area contributed by atoms with Crippen molar-refractivity contribution in [2.75, 3.05) is 5.73 Å². The molecule has 0 spiro atoms. The summed E-state index contributed by atoms with van der Waals surface area (Å²) in [7, 11) is 0. The van der Waals surface area contributed by atoms with Crippen LogP contribution < -0.4 is 27.0 Å². The fourth-order valence-electron chi connectivity index (χ4n) is 3.53. The largest absolute Gasteiger partial charge is 0.452 e. The van der Waals surface area contributed by atoms with Gasteiger partial charge < -0.3 is 15.8 Å². The minimum Gasteiger partial charge on any atom is -0.452 e. The van der Waals surface area contributed by atoms with Crippen molar-refractivity contribution in [3.05, 3.63) is 71.8 Å². The maximum Gasteiger partial charge on any atom is 0.349 e. The van der Waals surface area contributed by atoms with Gasteiger partial charge in [0.1, 0.15) is 11.5 Å². The van der Waals surface area contributed by atoms with E-state index in [1.165, 1.54) is 12.1 Å². The van der Waals surface area contributed by atoms with Crippen LogP contribution in [0.25, 0.3) is 5.69 Å². The molecule has 0 fully saturated rings. The van der Waals surface area contributed by atoms with Crippen LogP contribution in [-0.2, 0) is 4.79 Å². The number of H-pyrrole nitrogens is 1. The van der Waals surface area contributed by atoms with Crippen LogP contribution >= 0.6 is 23.2 Å². The number of allylic oxidation sites excluding steroid dienone is 2. The number of anilines is 1. The van der Waals surface area contributed by atoms with E-state index in [0.29, 0.717) is 11.5 Å². The van der Waals surface area contributed by atoms with Crippen molar-refractivity contribution >= 4 is 35.0 Å². The maximum atomic E-state index is 12.0. The van der Waals surface area contributed by atoms with Gasteiger partial charge in [0.15, 0.2) is 11.7 Å². The van der Waals surface area contributed by atoms with Gasteiger partial charge in [-0.15, -0.1) is 5.10 Å². The fraction of sp³-hybridized carbons (Fsp3) is 0.211. The lowest BCUT2D eigenvalue weighted by atomic mass is 9.98. The molecular formula is C19H15Cl2N5O4. The number of hydrogen-bond acceptors (Lipinski definition) is 7. The number of nitrogen functional groups attached to an aromatic ring is 1. The van der Waals surface area contributed by atoms with Gasteiger partial charge in [0, 0.05) is 11.8 Å². The molecular weight excluding hydrogens is 433 g/mol. The predicted octanol–water partition coefficient (Wildman–Crippen LogP) is 2.08. The molecule has 4 rings (SSSR count). The molecule has 1 aromatic heterocycles. The van der Waals surface area contributed by atoms with Crippen LogP contribution in [0.5, 0.6) is 5.75 Å². The zero-order valence-corrected chi connectivity index (χ0v) is 17.1. The second kappa shape index (κ2) is 7.53. The zero-order chi connectivity index (χ0) is 21.6. The normalized spacial score (nSPS) is 17.9. The van der Waals surface area contributed by atoms with Gasteiger partial charge in [0.05, 0.1) is 15.7 Å². The first-order valence-corrected chi connectivity index (χ1v) is 9.67. The summed E-state index contributed by atoms with van der Waals surface area (Å²) in [5.41, 5.74) is 6.26. The number of aromatic nitrogens is 3. The highest BCUT2D eigenvalue weighted by atomic mass is 35.5. The highest BCUT2D eigenvalue weighted by Crippen LogP contribution is 2.43. The quantitative estimate of drug-likeness (QED) is 0.613. The molecule has 1 atom stereocenters. The molecule has 0 radical (unpaired) electrons.